The molecule has 0 heterocycles. The second-order valence-electron chi connectivity index (χ2n) is 5.93. The summed E-state index contributed by atoms with van der Waals surface area (Å²) in [7, 11) is 0. The summed E-state index contributed by atoms with van der Waals surface area (Å²) in [4.78, 5) is 23.3. The Morgan fingerprint density at radius 1 is 1.04 bits per heavy atom. The van der Waals surface area contributed by atoms with E-state index in [1.165, 1.54) is 37.8 Å². The van der Waals surface area contributed by atoms with Gasteiger partial charge >= 0.3 is 11.9 Å². The van der Waals surface area contributed by atoms with Crippen molar-refractivity contribution in [2.75, 3.05) is 6.61 Å². The average molecular weight is 320 g/mol. The normalized spacial score (nSPS) is 11.9. The highest BCUT2D eigenvalue weighted by Gasteiger charge is 2.18. The Morgan fingerprint density at radius 2 is 1.70 bits per heavy atom. The molecule has 0 aliphatic carbocycles. The van der Waals surface area contributed by atoms with Gasteiger partial charge in [-0.3, -0.25) is 0 Å². The van der Waals surface area contributed by atoms with Crippen molar-refractivity contribution >= 4 is 11.9 Å². The third-order valence-electron chi connectivity index (χ3n) is 4.12. The molecular weight excluding hydrogens is 292 g/mol. The van der Waals surface area contributed by atoms with E-state index in [1.807, 2.05) is 0 Å². The molecule has 4 nitrogen and oxygen atoms in total. The Kier molecular flexibility index (Phi) is 9.03. The van der Waals surface area contributed by atoms with Gasteiger partial charge in [-0.1, -0.05) is 64.5 Å². The predicted molar refractivity (Wildman–Crippen MR) is 90.8 cm³/mol. The van der Waals surface area contributed by atoms with Gasteiger partial charge in [0, 0.05) is 0 Å². The zero-order valence-corrected chi connectivity index (χ0v) is 14.2. The van der Waals surface area contributed by atoms with Crippen LogP contribution in [0.2, 0.25) is 0 Å². The Labute approximate surface area is 138 Å². The average Bonchev–Trinajstić information content (AvgIpc) is 2.57. The van der Waals surface area contributed by atoms with Crippen LogP contribution in [0.1, 0.15) is 79.5 Å². The molecule has 0 aromatic heterocycles. The van der Waals surface area contributed by atoms with Crippen molar-refractivity contribution in [1.82, 2.24) is 0 Å². The number of rotatable bonds is 11. The molecule has 0 saturated carbocycles. The largest absolute Gasteiger partial charge is 0.478 e. The molecule has 4 heteroatoms. The highest BCUT2D eigenvalue weighted by atomic mass is 16.5. The van der Waals surface area contributed by atoms with Crippen molar-refractivity contribution in [3.8, 4) is 0 Å². The molecule has 1 atom stereocenters. The fraction of sp³-hybridized carbons (Fsp3) is 0.579. The number of carboxylic acid groups (broad SMARTS) is 1. The number of carbonyl (C=O) groups excluding carboxylic acids is 1. The first-order valence-electron chi connectivity index (χ1n) is 8.59. The van der Waals surface area contributed by atoms with Gasteiger partial charge in [0.05, 0.1) is 17.7 Å². The molecule has 1 N–H and O–H groups in total. The molecule has 0 saturated heterocycles. The summed E-state index contributed by atoms with van der Waals surface area (Å²) in [5.74, 6) is -1.31. The maximum absolute atomic E-state index is 12.1. The van der Waals surface area contributed by atoms with E-state index in [9.17, 15) is 9.59 Å². The van der Waals surface area contributed by atoms with Crippen LogP contribution < -0.4 is 0 Å². The second kappa shape index (κ2) is 10.8. The van der Waals surface area contributed by atoms with E-state index in [0.29, 0.717) is 12.5 Å². The van der Waals surface area contributed by atoms with Crippen LogP contribution in [0.25, 0.3) is 0 Å². The van der Waals surface area contributed by atoms with E-state index in [1.54, 1.807) is 12.1 Å². The quantitative estimate of drug-likeness (QED) is 0.464. The minimum Gasteiger partial charge on any atom is -0.478 e. The summed E-state index contributed by atoms with van der Waals surface area (Å²) in [6.07, 6.45) is 8.16. The molecule has 0 aliphatic rings. The van der Waals surface area contributed by atoms with E-state index in [4.69, 9.17) is 9.84 Å². The molecule has 1 aromatic rings. The van der Waals surface area contributed by atoms with Crippen molar-refractivity contribution in [3.63, 3.8) is 0 Å². The summed E-state index contributed by atoms with van der Waals surface area (Å²) in [5, 5.41) is 9.12. The van der Waals surface area contributed by atoms with Crippen LogP contribution in [-0.2, 0) is 4.74 Å². The van der Waals surface area contributed by atoms with Crippen LogP contribution in [0.4, 0.5) is 0 Å². The minimum atomic E-state index is -1.11. The zero-order valence-electron chi connectivity index (χ0n) is 14.2. The molecule has 128 valence electrons. The van der Waals surface area contributed by atoms with Crippen molar-refractivity contribution < 1.29 is 19.4 Å². The lowest BCUT2D eigenvalue weighted by Crippen LogP contribution is -2.16. The summed E-state index contributed by atoms with van der Waals surface area (Å²) in [5.41, 5.74) is 0.114. The molecule has 0 amide bonds. The highest BCUT2D eigenvalue weighted by Crippen LogP contribution is 2.17. The Hall–Kier alpha value is -1.84. The van der Waals surface area contributed by atoms with Crippen LogP contribution >= 0.6 is 0 Å². The third-order valence-corrected chi connectivity index (χ3v) is 4.12. The molecule has 1 aromatic carbocycles. The maximum Gasteiger partial charge on any atom is 0.339 e. The van der Waals surface area contributed by atoms with Crippen LogP contribution in [-0.4, -0.2) is 23.7 Å². The van der Waals surface area contributed by atoms with Gasteiger partial charge in [-0.2, -0.15) is 0 Å². The molecule has 1 unspecified atom stereocenters. The van der Waals surface area contributed by atoms with E-state index in [0.717, 1.165) is 19.3 Å². The molecule has 1 rings (SSSR count). The summed E-state index contributed by atoms with van der Waals surface area (Å²) >= 11 is 0. The van der Waals surface area contributed by atoms with E-state index < -0.39 is 11.9 Å². The number of benzene rings is 1. The number of ether oxygens (including phenoxy) is 1. The lowest BCUT2D eigenvalue weighted by molar-refractivity contribution is 0.0420. The smallest absolute Gasteiger partial charge is 0.339 e. The Balaban J connectivity index is 2.46. The zero-order chi connectivity index (χ0) is 17.1. The Morgan fingerprint density at radius 3 is 2.30 bits per heavy atom. The van der Waals surface area contributed by atoms with Gasteiger partial charge in [-0.15, -0.1) is 0 Å². The SMILES string of the molecule is CCCCCCCC(CC)COC(=O)c1ccccc1C(=O)O. The number of esters is 1. The molecule has 0 bridgehead atoms. The lowest BCUT2D eigenvalue weighted by atomic mass is 9.99. The van der Waals surface area contributed by atoms with Gasteiger partial charge in [0.1, 0.15) is 0 Å². The first-order chi connectivity index (χ1) is 11.1. The van der Waals surface area contributed by atoms with Gasteiger partial charge in [-0.25, -0.2) is 9.59 Å². The molecule has 0 fully saturated rings. The lowest BCUT2D eigenvalue weighted by Gasteiger charge is -2.15. The van der Waals surface area contributed by atoms with E-state index >= 15 is 0 Å². The summed E-state index contributed by atoms with van der Waals surface area (Å²) < 4.78 is 5.35. The molecular formula is C19H28O4. The first-order valence-corrected chi connectivity index (χ1v) is 8.59. The topological polar surface area (TPSA) is 63.6 Å². The van der Waals surface area contributed by atoms with Crippen molar-refractivity contribution in [2.24, 2.45) is 5.92 Å². The van der Waals surface area contributed by atoms with Crippen molar-refractivity contribution in [2.45, 2.75) is 58.8 Å². The standard InChI is InChI=1S/C19H28O4/c1-3-5-6-7-8-11-15(4-2)14-23-19(22)17-13-10-9-12-16(17)18(20)21/h9-10,12-13,15H,3-8,11,14H2,1-2H3,(H,20,21). The van der Waals surface area contributed by atoms with Crippen molar-refractivity contribution in [1.29, 1.82) is 0 Å². The first kappa shape index (κ1) is 19.2. The van der Waals surface area contributed by atoms with Gasteiger partial charge in [0.2, 0.25) is 0 Å². The molecule has 0 radical (unpaired) electrons. The number of aromatic carboxylic acids is 1. The van der Waals surface area contributed by atoms with Gasteiger partial charge < -0.3 is 9.84 Å². The maximum atomic E-state index is 12.1. The van der Waals surface area contributed by atoms with Gasteiger partial charge in [0.15, 0.2) is 0 Å². The van der Waals surface area contributed by atoms with Crippen molar-refractivity contribution in [3.05, 3.63) is 35.4 Å². The number of hydrogen-bond donors (Lipinski definition) is 1. The fourth-order valence-corrected chi connectivity index (χ4v) is 2.56. The van der Waals surface area contributed by atoms with E-state index in [2.05, 4.69) is 13.8 Å². The summed E-state index contributed by atoms with van der Waals surface area (Å²) in [6.45, 7) is 4.65. The number of carboxylic acids is 1. The van der Waals surface area contributed by atoms with Crippen LogP contribution in [0, 0.1) is 5.92 Å². The number of carbonyl (C=O) groups is 2. The van der Waals surface area contributed by atoms with Crippen LogP contribution in [0.3, 0.4) is 0 Å². The van der Waals surface area contributed by atoms with Crippen LogP contribution in [0.15, 0.2) is 24.3 Å². The second-order valence-corrected chi connectivity index (χ2v) is 5.93. The fourth-order valence-electron chi connectivity index (χ4n) is 2.56. The molecule has 0 aliphatic heterocycles. The van der Waals surface area contributed by atoms with Gasteiger partial charge in [-0.05, 0) is 24.5 Å². The molecule has 23 heavy (non-hydrogen) atoms. The van der Waals surface area contributed by atoms with E-state index in [-0.39, 0.29) is 11.1 Å². The Bertz CT molecular complexity index is 496. The number of hydrogen-bond acceptors (Lipinski definition) is 3. The monoisotopic (exact) mass is 320 g/mol. The minimum absolute atomic E-state index is 0.00915. The predicted octanol–water partition coefficient (Wildman–Crippen LogP) is 4.93. The van der Waals surface area contributed by atoms with Crippen LogP contribution in [0.5, 0.6) is 0 Å². The number of unbranched alkanes of at least 4 members (excludes halogenated alkanes) is 4. The third kappa shape index (κ3) is 6.85. The molecule has 0 spiro atoms. The highest BCUT2D eigenvalue weighted by molar-refractivity contribution is 6.02. The summed E-state index contributed by atoms with van der Waals surface area (Å²) in [6, 6.07) is 6.17. The van der Waals surface area contributed by atoms with Gasteiger partial charge in [0.25, 0.3) is 0 Å².